The van der Waals surface area contributed by atoms with Gasteiger partial charge in [-0.05, 0) is 30.7 Å². The number of anilines is 1. The number of fused-ring (bicyclic) bond motifs is 1. The molecule has 2 amide bonds. The summed E-state index contributed by atoms with van der Waals surface area (Å²) in [4.78, 5) is 26.5. The number of nitrogens with one attached hydrogen (secondary N) is 1. The zero-order chi connectivity index (χ0) is 18.1. The minimum Gasteiger partial charge on any atom is -0.493 e. The van der Waals surface area contributed by atoms with Crippen LogP contribution in [0.25, 0.3) is 0 Å². The van der Waals surface area contributed by atoms with Gasteiger partial charge in [0.2, 0.25) is 5.91 Å². The Kier molecular flexibility index (Phi) is 4.55. The van der Waals surface area contributed by atoms with Crippen LogP contribution in [0, 0.1) is 0 Å². The molecular weight excluding hydrogens is 352 g/mol. The number of hydrogen-bond acceptors (Lipinski definition) is 3. The van der Waals surface area contributed by atoms with E-state index in [9.17, 15) is 9.59 Å². The lowest BCUT2D eigenvalue weighted by Gasteiger charge is -2.27. The van der Waals surface area contributed by atoms with Crippen molar-refractivity contribution >= 4 is 29.1 Å². The second kappa shape index (κ2) is 7.00. The van der Waals surface area contributed by atoms with Crippen molar-refractivity contribution < 1.29 is 14.3 Å². The van der Waals surface area contributed by atoms with Gasteiger partial charge in [0.25, 0.3) is 5.91 Å². The average molecular weight is 371 g/mol. The first-order valence-electron chi connectivity index (χ1n) is 8.76. The molecule has 1 saturated heterocycles. The van der Waals surface area contributed by atoms with Gasteiger partial charge in [0.1, 0.15) is 5.75 Å². The molecule has 5 nitrogen and oxygen atoms in total. The molecule has 1 fully saturated rings. The number of para-hydroxylation sites is 1. The lowest BCUT2D eigenvalue weighted by atomic mass is 10.00. The van der Waals surface area contributed by atoms with E-state index < -0.39 is 0 Å². The van der Waals surface area contributed by atoms with Crippen molar-refractivity contribution in [1.29, 1.82) is 0 Å². The first-order chi connectivity index (χ1) is 12.6. The molecule has 2 aliphatic rings. The van der Waals surface area contributed by atoms with Crippen LogP contribution in [0.5, 0.6) is 5.75 Å². The summed E-state index contributed by atoms with van der Waals surface area (Å²) in [5, 5.41) is 3.55. The van der Waals surface area contributed by atoms with E-state index in [4.69, 9.17) is 16.3 Å². The second-order valence-electron chi connectivity index (χ2n) is 6.52. The number of hydrogen-bond donors (Lipinski definition) is 1. The maximum Gasteiger partial charge on any atom is 0.251 e. The van der Waals surface area contributed by atoms with E-state index in [1.54, 1.807) is 23.1 Å². The fraction of sp³-hybridized carbons (Fsp3) is 0.300. The van der Waals surface area contributed by atoms with Gasteiger partial charge in [0.15, 0.2) is 0 Å². The lowest BCUT2D eigenvalue weighted by molar-refractivity contribution is -0.117. The molecule has 26 heavy (non-hydrogen) atoms. The third kappa shape index (κ3) is 3.15. The molecule has 0 aliphatic carbocycles. The van der Waals surface area contributed by atoms with E-state index in [1.165, 1.54) is 0 Å². The van der Waals surface area contributed by atoms with Crippen LogP contribution >= 0.6 is 11.6 Å². The van der Waals surface area contributed by atoms with Gasteiger partial charge < -0.3 is 15.0 Å². The molecule has 2 aliphatic heterocycles. The smallest absolute Gasteiger partial charge is 0.251 e. The van der Waals surface area contributed by atoms with E-state index in [0.29, 0.717) is 42.3 Å². The van der Waals surface area contributed by atoms with E-state index in [1.807, 2.05) is 24.3 Å². The van der Waals surface area contributed by atoms with Crippen LogP contribution < -0.4 is 15.0 Å². The average Bonchev–Trinajstić information content (AvgIpc) is 3.08. The van der Waals surface area contributed by atoms with Crippen LogP contribution in [0.2, 0.25) is 5.02 Å². The number of ether oxygens (including phenoxy) is 1. The van der Waals surface area contributed by atoms with E-state index in [2.05, 4.69) is 5.32 Å². The standard InChI is InChI=1S/C20H19ClN2O3/c21-15-8-7-13(12-17(15)23-10-3-6-19(23)24)20(25)22-16-9-11-26-18-5-2-1-4-14(16)18/h1-2,4-5,7-8,12,16H,3,6,9-11H2,(H,22,25)/t16-/m0/s1. The minimum atomic E-state index is -0.184. The number of nitrogens with zero attached hydrogens (tertiary/aromatic N) is 1. The van der Waals surface area contributed by atoms with E-state index in [-0.39, 0.29) is 17.9 Å². The van der Waals surface area contributed by atoms with Gasteiger partial charge in [-0.2, -0.15) is 0 Å². The predicted molar refractivity (Wildman–Crippen MR) is 99.8 cm³/mol. The Balaban J connectivity index is 1.57. The normalized spacial score (nSPS) is 19.0. The highest BCUT2D eigenvalue weighted by Crippen LogP contribution is 2.33. The molecule has 0 aromatic heterocycles. The number of carbonyl (C=O) groups is 2. The highest BCUT2D eigenvalue weighted by atomic mass is 35.5. The second-order valence-corrected chi connectivity index (χ2v) is 6.92. The molecule has 0 unspecified atom stereocenters. The number of rotatable bonds is 3. The summed E-state index contributed by atoms with van der Waals surface area (Å²) in [5.41, 5.74) is 2.08. The minimum absolute atomic E-state index is 0.0443. The maximum atomic E-state index is 12.8. The van der Waals surface area contributed by atoms with Crippen molar-refractivity contribution in [3.8, 4) is 5.75 Å². The van der Waals surface area contributed by atoms with Crippen molar-refractivity contribution in [3.63, 3.8) is 0 Å². The van der Waals surface area contributed by atoms with Gasteiger partial charge >= 0.3 is 0 Å². The summed E-state index contributed by atoms with van der Waals surface area (Å²) in [5.74, 6) is 0.669. The molecular formula is C20H19ClN2O3. The highest BCUT2D eigenvalue weighted by molar-refractivity contribution is 6.34. The Bertz CT molecular complexity index is 868. The quantitative estimate of drug-likeness (QED) is 0.895. The summed E-state index contributed by atoms with van der Waals surface area (Å²) < 4.78 is 5.64. The first-order valence-corrected chi connectivity index (χ1v) is 9.14. The molecule has 134 valence electrons. The molecule has 4 rings (SSSR count). The van der Waals surface area contributed by atoms with Crippen LogP contribution in [0.3, 0.4) is 0 Å². The van der Waals surface area contributed by atoms with Gasteiger partial charge in [0.05, 0.1) is 23.4 Å². The summed E-state index contributed by atoms with van der Waals surface area (Å²) in [7, 11) is 0. The van der Waals surface area contributed by atoms with Gasteiger partial charge in [-0.15, -0.1) is 0 Å². The van der Waals surface area contributed by atoms with Gasteiger partial charge in [-0.25, -0.2) is 0 Å². The predicted octanol–water partition coefficient (Wildman–Crippen LogP) is 3.72. The highest BCUT2D eigenvalue weighted by Gasteiger charge is 2.26. The van der Waals surface area contributed by atoms with Gasteiger partial charge in [-0.1, -0.05) is 29.8 Å². The van der Waals surface area contributed by atoms with Crippen molar-refractivity contribution in [2.24, 2.45) is 0 Å². The molecule has 2 heterocycles. The van der Waals surface area contributed by atoms with Crippen molar-refractivity contribution in [3.05, 3.63) is 58.6 Å². The van der Waals surface area contributed by atoms with Gasteiger partial charge in [0, 0.05) is 30.5 Å². The Labute approximate surface area is 156 Å². The molecule has 0 saturated carbocycles. The van der Waals surface area contributed by atoms with E-state index in [0.717, 1.165) is 17.7 Å². The number of halogens is 1. The van der Waals surface area contributed by atoms with Crippen molar-refractivity contribution in [2.45, 2.75) is 25.3 Å². The molecule has 0 radical (unpaired) electrons. The Morgan fingerprint density at radius 3 is 2.88 bits per heavy atom. The molecule has 1 N–H and O–H groups in total. The molecule has 2 aromatic rings. The monoisotopic (exact) mass is 370 g/mol. The Hall–Kier alpha value is -2.53. The van der Waals surface area contributed by atoms with Crippen LogP contribution in [0.15, 0.2) is 42.5 Å². The topological polar surface area (TPSA) is 58.6 Å². The Morgan fingerprint density at radius 1 is 1.23 bits per heavy atom. The fourth-order valence-electron chi connectivity index (χ4n) is 3.50. The summed E-state index contributed by atoms with van der Waals surface area (Å²) >= 11 is 6.26. The Morgan fingerprint density at radius 2 is 2.08 bits per heavy atom. The maximum absolute atomic E-state index is 12.8. The van der Waals surface area contributed by atoms with E-state index >= 15 is 0 Å². The molecule has 0 spiro atoms. The first kappa shape index (κ1) is 16.9. The molecule has 1 atom stereocenters. The molecule has 6 heteroatoms. The third-order valence-electron chi connectivity index (χ3n) is 4.84. The van der Waals surface area contributed by atoms with Crippen molar-refractivity contribution in [2.75, 3.05) is 18.1 Å². The number of carbonyl (C=O) groups excluding carboxylic acids is 2. The lowest BCUT2D eigenvalue weighted by Crippen LogP contribution is -2.32. The fourth-order valence-corrected chi connectivity index (χ4v) is 3.72. The van der Waals surface area contributed by atoms with Gasteiger partial charge in [-0.3, -0.25) is 9.59 Å². The largest absolute Gasteiger partial charge is 0.493 e. The van der Waals surface area contributed by atoms with Crippen LogP contribution in [0.1, 0.15) is 41.2 Å². The summed E-state index contributed by atoms with van der Waals surface area (Å²) in [6, 6.07) is 12.7. The molecule has 0 bridgehead atoms. The summed E-state index contributed by atoms with van der Waals surface area (Å²) in [6.45, 7) is 1.20. The molecule has 2 aromatic carbocycles. The SMILES string of the molecule is O=C(N[C@H]1CCOc2ccccc21)c1ccc(Cl)c(N2CCCC2=O)c1. The summed E-state index contributed by atoms with van der Waals surface area (Å²) in [6.07, 6.45) is 2.05. The number of benzene rings is 2. The number of amides is 2. The van der Waals surface area contributed by atoms with Crippen molar-refractivity contribution in [1.82, 2.24) is 5.32 Å². The third-order valence-corrected chi connectivity index (χ3v) is 5.16. The van der Waals surface area contributed by atoms with Crippen LogP contribution in [-0.4, -0.2) is 25.0 Å². The zero-order valence-corrected chi connectivity index (χ0v) is 15.0. The van der Waals surface area contributed by atoms with Crippen LogP contribution in [0.4, 0.5) is 5.69 Å². The van der Waals surface area contributed by atoms with Crippen LogP contribution in [-0.2, 0) is 4.79 Å². The zero-order valence-electron chi connectivity index (χ0n) is 14.2.